The van der Waals surface area contributed by atoms with E-state index in [0.717, 1.165) is 6.42 Å². The molecule has 1 N–H and O–H groups in total. The first kappa shape index (κ1) is 13.3. The van der Waals surface area contributed by atoms with Gasteiger partial charge in [-0.3, -0.25) is 9.48 Å². The highest BCUT2D eigenvalue weighted by molar-refractivity contribution is 5.79. The molecule has 0 aromatic carbocycles. The Kier molecular flexibility index (Phi) is 4.27. The van der Waals surface area contributed by atoms with Crippen LogP contribution in [0.2, 0.25) is 0 Å². The van der Waals surface area contributed by atoms with E-state index in [2.05, 4.69) is 20.6 Å². The summed E-state index contributed by atoms with van der Waals surface area (Å²) in [6, 6.07) is 1.46. The van der Waals surface area contributed by atoms with Crippen LogP contribution in [0.5, 0.6) is 0 Å². The largest absolute Gasteiger partial charge is 0.354 e. The lowest BCUT2D eigenvalue weighted by atomic mass is 10.3. The third-order valence-corrected chi connectivity index (χ3v) is 2.77. The van der Waals surface area contributed by atoms with Crippen molar-refractivity contribution in [2.75, 3.05) is 6.54 Å². The predicted molar refractivity (Wildman–Crippen MR) is 67.3 cm³/mol. The zero-order valence-corrected chi connectivity index (χ0v) is 11.0. The summed E-state index contributed by atoms with van der Waals surface area (Å²) in [6.07, 6.45) is 4.68. The smallest absolute Gasteiger partial charge is 0.244 e. The minimum Gasteiger partial charge on any atom is -0.354 e. The van der Waals surface area contributed by atoms with Crippen LogP contribution in [-0.4, -0.2) is 32.4 Å². The number of hydrogen-bond acceptors (Lipinski definition) is 5. The van der Waals surface area contributed by atoms with Crippen LogP contribution in [0.15, 0.2) is 23.0 Å². The lowest BCUT2D eigenvalue weighted by molar-refractivity contribution is -0.124. The van der Waals surface area contributed by atoms with Crippen LogP contribution in [0, 0.1) is 0 Å². The molecule has 2 aromatic heterocycles. The molecular weight excluding hydrogens is 246 g/mol. The number of rotatable bonds is 6. The van der Waals surface area contributed by atoms with Crippen molar-refractivity contribution in [2.45, 2.75) is 32.7 Å². The van der Waals surface area contributed by atoms with Gasteiger partial charge in [0, 0.05) is 31.8 Å². The molecule has 0 fully saturated rings. The van der Waals surface area contributed by atoms with E-state index in [1.54, 1.807) is 30.1 Å². The molecule has 0 radical (unpaired) electrons. The number of aryl methyl sites for hydroxylation is 1. The number of carbonyl (C=O) groups is 1. The van der Waals surface area contributed by atoms with Crippen molar-refractivity contribution in [3.63, 3.8) is 0 Å². The molecular formula is C12H17N5O2. The predicted octanol–water partition coefficient (Wildman–Crippen LogP) is 0.748. The summed E-state index contributed by atoms with van der Waals surface area (Å²) >= 11 is 0. The first-order valence-electron chi connectivity index (χ1n) is 6.29. The van der Waals surface area contributed by atoms with E-state index in [1.165, 1.54) is 0 Å². The second-order valence-electron chi connectivity index (χ2n) is 4.16. The number of carbonyl (C=O) groups excluding carboxylic acids is 1. The molecule has 0 aliphatic carbocycles. The van der Waals surface area contributed by atoms with Crippen LogP contribution in [0.4, 0.5) is 0 Å². The Bertz CT molecular complexity index is 520. The van der Waals surface area contributed by atoms with Gasteiger partial charge in [0.1, 0.15) is 6.04 Å². The van der Waals surface area contributed by atoms with Gasteiger partial charge in [-0.15, -0.1) is 0 Å². The fraction of sp³-hybridized carbons (Fsp3) is 0.500. The van der Waals surface area contributed by atoms with Crippen LogP contribution in [0.3, 0.4) is 0 Å². The molecule has 1 unspecified atom stereocenters. The van der Waals surface area contributed by atoms with Crippen LogP contribution >= 0.6 is 0 Å². The minimum absolute atomic E-state index is 0.0843. The van der Waals surface area contributed by atoms with E-state index in [9.17, 15) is 4.79 Å². The number of nitrogens with zero attached hydrogens (tertiary/aromatic N) is 4. The Balaban J connectivity index is 1.77. The second kappa shape index (κ2) is 6.12. The van der Waals surface area contributed by atoms with Crippen molar-refractivity contribution in [3.05, 3.63) is 30.2 Å². The standard InChI is InChI=1S/C12H17N5O2/c1-3-10-15-11(19-16-10)5-7-13-12(18)9(2)17-8-4-6-14-17/h4,6,8-9H,3,5,7H2,1-2H3,(H,13,18). The maximum absolute atomic E-state index is 11.9. The van der Waals surface area contributed by atoms with Crippen molar-refractivity contribution in [1.82, 2.24) is 25.2 Å². The van der Waals surface area contributed by atoms with E-state index < -0.39 is 0 Å². The summed E-state index contributed by atoms with van der Waals surface area (Å²) in [4.78, 5) is 16.0. The Hall–Kier alpha value is -2.18. The number of nitrogens with one attached hydrogen (secondary N) is 1. The maximum atomic E-state index is 11.9. The first-order valence-corrected chi connectivity index (χ1v) is 6.29. The van der Waals surface area contributed by atoms with Gasteiger partial charge in [0.05, 0.1) is 0 Å². The lowest BCUT2D eigenvalue weighted by Gasteiger charge is -2.11. The van der Waals surface area contributed by atoms with E-state index in [-0.39, 0.29) is 11.9 Å². The number of amides is 1. The summed E-state index contributed by atoms with van der Waals surface area (Å²) in [5, 5.41) is 10.6. The molecule has 102 valence electrons. The minimum atomic E-state index is -0.330. The molecule has 2 heterocycles. The third kappa shape index (κ3) is 3.40. The van der Waals surface area contributed by atoms with Gasteiger partial charge in [0.2, 0.25) is 11.8 Å². The summed E-state index contributed by atoms with van der Waals surface area (Å²) in [7, 11) is 0. The lowest BCUT2D eigenvalue weighted by Crippen LogP contribution is -2.32. The Morgan fingerprint density at radius 1 is 1.58 bits per heavy atom. The third-order valence-electron chi connectivity index (χ3n) is 2.77. The molecule has 7 heteroatoms. The summed E-state index contributed by atoms with van der Waals surface area (Å²) in [5.41, 5.74) is 0. The Morgan fingerprint density at radius 2 is 2.42 bits per heavy atom. The van der Waals surface area contributed by atoms with Gasteiger partial charge in [-0.1, -0.05) is 12.1 Å². The highest BCUT2D eigenvalue weighted by Gasteiger charge is 2.14. The van der Waals surface area contributed by atoms with Gasteiger partial charge in [-0.2, -0.15) is 10.1 Å². The molecule has 0 saturated carbocycles. The SMILES string of the molecule is CCc1noc(CCNC(=O)C(C)n2cccn2)n1. The highest BCUT2D eigenvalue weighted by Crippen LogP contribution is 2.03. The van der Waals surface area contributed by atoms with Gasteiger partial charge in [0.15, 0.2) is 5.82 Å². The van der Waals surface area contributed by atoms with Crippen molar-refractivity contribution >= 4 is 5.91 Å². The average molecular weight is 263 g/mol. The quantitative estimate of drug-likeness (QED) is 0.831. The zero-order chi connectivity index (χ0) is 13.7. The van der Waals surface area contributed by atoms with Gasteiger partial charge >= 0.3 is 0 Å². The molecule has 0 saturated heterocycles. The van der Waals surface area contributed by atoms with Gasteiger partial charge in [-0.05, 0) is 13.0 Å². The van der Waals surface area contributed by atoms with Crippen LogP contribution in [-0.2, 0) is 17.6 Å². The molecule has 0 aliphatic heterocycles. The molecule has 0 spiro atoms. The maximum Gasteiger partial charge on any atom is 0.244 e. The summed E-state index contributed by atoms with van der Waals surface area (Å²) in [6.45, 7) is 4.22. The Labute approximate surface area is 111 Å². The van der Waals surface area contributed by atoms with E-state index in [0.29, 0.717) is 24.7 Å². The molecule has 2 rings (SSSR count). The molecule has 1 amide bonds. The monoisotopic (exact) mass is 263 g/mol. The van der Waals surface area contributed by atoms with Crippen molar-refractivity contribution in [3.8, 4) is 0 Å². The van der Waals surface area contributed by atoms with Crippen molar-refractivity contribution in [2.24, 2.45) is 0 Å². The normalized spacial score (nSPS) is 12.3. The van der Waals surface area contributed by atoms with E-state index in [4.69, 9.17) is 4.52 Å². The molecule has 7 nitrogen and oxygen atoms in total. The first-order chi connectivity index (χ1) is 9.20. The second-order valence-corrected chi connectivity index (χ2v) is 4.16. The van der Waals surface area contributed by atoms with Gasteiger partial charge < -0.3 is 9.84 Å². The van der Waals surface area contributed by atoms with Crippen LogP contribution in [0.25, 0.3) is 0 Å². The van der Waals surface area contributed by atoms with Crippen molar-refractivity contribution in [1.29, 1.82) is 0 Å². The summed E-state index contributed by atoms with van der Waals surface area (Å²) in [5.74, 6) is 1.15. The van der Waals surface area contributed by atoms with Gasteiger partial charge in [-0.25, -0.2) is 0 Å². The Morgan fingerprint density at radius 3 is 3.05 bits per heavy atom. The highest BCUT2D eigenvalue weighted by atomic mass is 16.5. The molecule has 0 aliphatic rings. The average Bonchev–Trinajstić information content (AvgIpc) is 3.08. The zero-order valence-electron chi connectivity index (χ0n) is 11.0. The number of hydrogen-bond donors (Lipinski definition) is 1. The van der Waals surface area contributed by atoms with Gasteiger partial charge in [0.25, 0.3) is 0 Å². The summed E-state index contributed by atoms with van der Waals surface area (Å²) < 4.78 is 6.65. The van der Waals surface area contributed by atoms with E-state index in [1.807, 2.05) is 6.92 Å². The van der Waals surface area contributed by atoms with Crippen molar-refractivity contribution < 1.29 is 9.32 Å². The fourth-order valence-corrected chi connectivity index (χ4v) is 1.61. The molecule has 2 aromatic rings. The molecule has 19 heavy (non-hydrogen) atoms. The van der Waals surface area contributed by atoms with E-state index >= 15 is 0 Å². The topological polar surface area (TPSA) is 85.8 Å². The molecule has 0 bridgehead atoms. The van der Waals surface area contributed by atoms with Crippen LogP contribution in [0.1, 0.15) is 31.6 Å². The molecule has 1 atom stereocenters. The number of aromatic nitrogens is 4. The van der Waals surface area contributed by atoms with Crippen LogP contribution < -0.4 is 5.32 Å². The fourth-order valence-electron chi connectivity index (χ4n) is 1.61.